The van der Waals surface area contributed by atoms with Crippen molar-refractivity contribution in [2.45, 2.75) is 32.3 Å². The lowest BCUT2D eigenvalue weighted by Crippen LogP contribution is -2.29. The lowest BCUT2D eigenvalue weighted by molar-refractivity contribution is 0.198. The number of aliphatic hydroxyl groups excluding tert-OH is 1. The molecule has 1 heterocycles. The Bertz CT molecular complexity index is 359. The van der Waals surface area contributed by atoms with Crippen molar-refractivity contribution in [1.29, 1.82) is 0 Å². The van der Waals surface area contributed by atoms with E-state index < -0.39 is 6.10 Å². The molecule has 88 valence electrons. The molecule has 1 aromatic carbocycles. The van der Waals surface area contributed by atoms with Gasteiger partial charge in [-0.15, -0.1) is 0 Å². The van der Waals surface area contributed by atoms with E-state index in [2.05, 4.69) is 33.0 Å². The van der Waals surface area contributed by atoms with Crippen molar-refractivity contribution in [2.75, 3.05) is 18.0 Å². The van der Waals surface area contributed by atoms with Gasteiger partial charge in [0.25, 0.3) is 0 Å². The Morgan fingerprint density at radius 2 is 1.94 bits per heavy atom. The molecule has 1 aliphatic rings. The van der Waals surface area contributed by atoms with Gasteiger partial charge in [-0.1, -0.05) is 22.0 Å². The summed E-state index contributed by atoms with van der Waals surface area (Å²) in [6.45, 7) is 4.10. The van der Waals surface area contributed by atoms with Gasteiger partial charge in [0.15, 0.2) is 0 Å². The van der Waals surface area contributed by atoms with Crippen molar-refractivity contribution in [3.05, 3.63) is 28.2 Å². The van der Waals surface area contributed by atoms with Crippen molar-refractivity contribution >= 4 is 21.6 Å². The van der Waals surface area contributed by atoms with Crippen LogP contribution in [0.5, 0.6) is 0 Å². The number of hydrogen-bond donors (Lipinski definition) is 1. The van der Waals surface area contributed by atoms with Gasteiger partial charge < -0.3 is 10.0 Å². The maximum atomic E-state index is 9.56. The second kappa shape index (κ2) is 5.19. The molecule has 0 saturated carbocycles. The van der Waals surface area contributed by atoms with Gasteiger partial charge in [-0.25, -0.2) is 0 Å². The minimum atomic E-state index is -0.412. The zero-order valence-corrected chi connectivity index (χ0v) is 11.2. The molecule has 1 atom stereocenters. The van der Waals surface area contributed by atoms with Gasteiger partial charge >= 0.3 is 0 Å². The maximum Gasteiger partial charge on any atom is 0.0772 e. The third-order valence-electron chi connectivity index (χ3n) is 3.16. The minimum absolute atomic E-state index is 0.412. The molecule has 1 fully saturated rings. The molecule has 2 nitrogen and oxygen atoms in total. The predicted octanol–water partition coefficient (Wildman–Crippen LogP) is 3.49. The van der Waals surface area contributed by atoms with E-state index in [9.17, 15) is 5.11 Å². The number of aliphatic hydroxyl groups is 1. The van der Waals surface area contributed by atoms with Gasteiger partial charge in [0.05, 0.1) is 6.10 Å². The molecular weight excluding hydrogens is 266 g/mol. The molecule has 0 aromatic heterocycles. The van der Waals surface area contributed by atoms with Gasteiger partial charge in [-0.05, 0) is 43.9 Å². The first kappa shape index (κ1) is 11.9. The molecule has 0 radical (unpaired) electrons. The highest BCUT2D eigenvalue weighted by Gasteiger charge is 2.13. The highest BCUT2D eigenvalue weighted by molar-refractivity contribution is 9.10. The van der Waals surface area contributed by atoms with Gasteiger partial charge in [0.2, 0.25) is 0 Å². The fourth-order valence-corrected chi connectivity index (χ4v) is 2.90. The number of rotatable bonds is 2. The molecule has 1 N–H and O–H groups in total. The lowest BCUT2D eigenvalue weighted by Gasteiger charge is -2.29. The van der Waals surface area contributed by atoms with Crippen LogP contribution in [0.15, 0.2) is 22.7 Å². The van der Waals surface area contributed by atoms with Gasteiger partial charge in [-0.2, -0.15) is 0 Å². The number of piperidine rings is 1. The normalized spacial score (nSPS) is 18.6. The summed E-state index contributed by atoms with van der Waals surface area (Å²) in [5.41, 5.74) is 2.22. The summed E-state index contributed by atoms with van der Waals surface area (Å²) in [5.74, 6) is 0. The average molecular weight is 284 g/mol. The minimum Gasteiger partial charge on any atom is -0.389 e. The summed E-state index contributed by atoms with van der Waals surface area (Å²) in [4.78, 5) is 2.42. The van der Waals surface area contributed by atoms with Gasteiger partial charge in [0.1, 0.15) is 0 Å². The van der Waals surface area contributed by atoms with Crippen LogP contribution in [0.25, 0.3) is 0 Å². The average Bonchev–Trinajstić information content (AvgIpc) is 2.29. The van der Waals surface area contributed by atoms with E-state index >= 15 is 0 Å². The van der Waals surface area contributed by atoms with Crippen LogP contribution < -0.4 is 4.90 Å². The highest BCUT2D eigenvalue weighted by atomic mass is 79.9. The lowest BCUT2D eigenvalue weighted by atomic mass is 10.1. The molecule has 0 aliphatic carbocycles. The van der Waals surface area contributed by atoms with Crippen LogP contribution >= 0.6 is 15.9 Å². The smallest absolute Gasteiger partial charge is 0.0772 e. The Kier molecular flexibility index (Phi) is 3.87. The first-order chi connectivity index (χ1) is 7.68. The molecule has 1 aliphatic heterocycles. The maximum absolute atomic E-state index is 9.56. The molecular formula is C13H18BrNO. The molecule has 1 saturated heterocycles. The second-order valence-corrected chi connectivity index (χ2v) is 5.28. The largest absolute Gasteiger partial charge is 0.389 e. The van der Waals surface area contributed by atoms with Crippen LogP contribution in [-0.2, 0) is 0 Å². The Morgan fingerprint density at radius 1 is 1.25 bits per heavy atom. The van der Waals surface area contributed by atoms with Crippen molar-refractivity contribution < 1.29 is 5.11 Å². The molecule has 0 bridgehead atoms. The van der Waals surface area contributed by atoms with Crippen LogP contribution in [0.2, 0.25) is 0 Å². The van der Waals surface area contributed by atoms with Crippen LogP contribution in [0.3, 0.4) is 0 Å². The van der Waals surface area contributed by atoms with Gasteiger partial charge in [0, 0.05) is 23.2 Å². The summed E-state index contributed by atoms with van der Waals surface area (Å²) in [6.07, 6.45) is 3.51. The Balaban J connectivity index is 2.19. The Hall–Kier alpha value is -0.540. The summed E-state index contributed by atoms with van der Waals surface area (Å²) in [5, 5.41) is 9.56. The van der Waals surface area contributed by atoms with E-state index in [0.29, 0.717) is 0 Å². The molecule has 1 aromatic rings. The van der Waals surface area contributed by atoms with Crippen molar-refractivity contribution in [3.63, 3.8) is 0 Å². The van der Waals surface area contributed by atoms with Crippen molar-refractivity contribution in [2.24, 2.45) is 0 Å². The predicted molar refractivity (Wildman–Crippen MR) is 70.8 cm³/mol. The summed E-state index contributed by atoms with van der Waals surface area (Å²) < 4.78 is 1.01. The molecule has 0 amide bonds. The molecule has 16 heavy (non-hydrogen) atoms. The monoisotopic (exact) mass is 283 g/mol. The topological polar surface area (TPSA) is 23.5 Å². The molecule has 0 unspecified atom stereocenters. The summed E-state index contributed by atoms with van der Waals surface area (Å²) in [7, 11) is 0. The quantitative estimate of drug-likeness (QED) is 0.898. The van der Waals surface area contributed by atoms with E-state index in [1.807, 2.05) is 6.07 Å². The third kappa shape index (κ3) is 2.58. The first-order valence-corrected chi connectivity index (χ1v) is 6.70. The van der Waals surface area contributed by atoms with Crippen LogP contribution in [0.1, 0.15) is 37.9 Å². The van der Waals surface area contributed by atoms with Crippen molar-refractivity contribution in [3.8, 4) is 0 Å². The number of halogens is 1. The number of nitrogens with zero attached hydrogens (tertiary/aromatic N) is 1. The number of benzene rings is 1. The third-order valence-corrected chi connectivity index (χ3v) is 3.84. The number of hydrogen-bond acceptors (Lipinski definition) is 2. The first-order valence-electron chi connectivity index (χ1n) is 5.91. The summed E-state index contributed by atoms with van der Waals surface area (Å²) in [6, 6.07) is 6.24. The highest BCUT2D eigenvalue weighted by Crippen LogP contribution is 2.29. The standard InChI is InChI=1S/C13H18BrNO/c1-10(16)12-6-5-11(9-13(12)14)15-7-3-2-4-8-15/h5-6,9-10,16H,2-4,7-8H2,1H3/t10-/m0/s1. The van der Waals surface area contributed by atoms with E-state index in [4.69, 9.17) is 0 Å². The van der Waals surface area contributed by atoms with E-state index in [0.717, 1.165) is 23.1 Å². The second-order valence-electron chi connectivity index (χ2n) is 4.43. The van der Waals surface area contributed by atoms with E-state index in [1.54, 1.807) is 6.92 Å². The SMILES string of the molecule is C[C@H](O)c1ccc(N2CCCCC2)cc1Br. The van der Waals surface area contributed by atoms with Crippen LogP contribution in [-0.4, -0.2) is 18.2 Å². The van der Waals surface area contributed by atoms with E-state index in [1.165, 1.54) is 24.9 Å². The molecule has 2 rings (SSSR count). The van der Waals surface area contributed by atoms with Crippen molar-refractivity contribution in [1.82, 2.24) is 0 Å². The van der Waals surface area contributed by atoms with E-state index in [-0.39, 0.29) is 0 Å². The molecule has 0 spiro atoms. The Morgan fingerprint density at radius 3 is 2.50 bits per heavy atom. The van der Waals surface area contributed by atoms with Crippen LogP contribution in [0.4, 0.5) is 5.69 Å². The zero-order chi connectivity index (χ0) is 11.5. The fraction of sp³-hybridized carbons (Fsp3) is 0.538. The number of anilines is 1. The fourth-order valence-electron chi connectivity index (χ4n) is 2.20. The Labute approximate surface area is 105 Å². The zero-order valence-electron chi connectivity index (χ0n) is 9.62. The van der Waals surface area contributed by atoms with Crippen LogP contribution in [0, 0.1) is 0 Å². The van der Waals surface area contributed by atoms with Gasteiger partial charge in [-0.3, -0.25) is 0 Å². The molecule has 3 heteroatoms. The summed E-state index contributed by atoms with van der Waals surface area (Å²) >= 11 is 3.53.